The monoisotopic (exact) mass is 660 g/mol. The third-order valence-corrected chi connectivity index (χ3v) is 9.24. The Kier molecular flexibility index (Phi) is 12.1. The summed E-state index contributed by atoms with van der Waals surface area (Å²) in [6, 6.07) is 47.2. The van der Waals surface area contributed by atoms with Gasteiger partial charge in [0.15, 0.2) is 6.10 Å². The number of rotatable bonds is 14. The first kappa shape index (κ1) is 33.7. The molecule has 0 radical (unpaired) electrons. The van der Waals surface area contributed by atoms with Gasteiger partial charge in [-0.05, 0) is 47.9 Å². The van der Waals surface area contributed by atoms with Crippen molar-refractivity contribution in [3.05, 3.63) is 173 Å². The highest BCUT2D eigenvalue weighted by Gasteiger charge is 2.50. The fourth-order valence-electron chi connectivity index (χ4n) is 5.54. The van der Waals surface area contributed by atoms with Crippen molar-refractivity contribution in [1.29, 1.82) is 0 Å². The van der Waals surface area contributed by atoms with Crippen LogP contribution in [0.4, 0.5) is 0 Å². The summed E-state index contributed by atoms with van der Waals surface area (Å²) in [5, 5.41) is 0. The first-order chi connectivity index (χ1) is 23.6. The third kappa shape index (κ3) is 9.43. The number of carbonyl (C=O) groups is 1. The molecule has 6 rings (SSSR count). The maximum Gasteiger partial charge on any atom is 0.338 e. The maximum atomic E-state index is 13.7. The lowest BCUT2D eigenvalue weighted by atomic mass is 9.98. The van der Waals surface area contributed by atoms with Gasteiger partial charge in [0.1, 0.15) is 23.7 Å². The fraction of sp³-hybridized carbons (Fsp3) is 0.244. The quantitative estimate of drug-likeness (QED) is 0.111. The molecule has 0 aliphatic carbocycles. The average molecular weight is 661 g/mol. The van der Waals surface area contributed by atoms with Crippen molar-refractivity contribution in [2.75, 3.05) is 6.61 Å². The Morgan fingerprint density at radius 2 is 1.10 bits per heavy atom. The van der Waals surface area contributed by atoms with Crippen molar-refractivity contribution in [2.45, 2.75) is 61.5 Å². The van der Waals surface area contributed by atoms with Gasteiger partial charge in [0.05, 0.1) is 32.0 Å². The van der Waals surface area contributed by atoms with E-state index in [0.717, 1.165) is 27.1 Å². The molecule has 6 nitrogen and oxygen atoms in total. The minimum absolute atomic E-state index is 0.254. The highest BCUT2D eigenvalue weighted by molar-refractivity contribution is 7.99. The van der Waals surface area contributed by atoms with Crippen LogP contribution in [-0.4, -0.2) is 42.4 Å². The molecular weight excluding hydrogens is 621 g/mol. The first-order valence-electron chi connectivity index (χ1n) is 16.2. The van der Waals surface area contributed by atoms with Gasteiger partial charge in [-0.15, -0.1) is 0 Å². The van der Waals surface area contributed by atoms with Crippen LogP contribution in [-0.2, 0) is 43.5 Å². The molecule has 5 aromatic rings. The molecule has 0 unspecified atom stereocenters. The second kappa shape index (κ2) is 17.2. The van der Waals surface area contributed by atoms with Crippen molar-refractivity contribution >= 4 is 17.7 Å². The van der Waals surface area contributed by atoms with Gasteiger partial charge >= 0.3 is 5.97 Å². The van der Waals surface area contributed by atoms with Gasteiger partial charge in [-0.1, -0.05) is 139 Å². The van der Waals surface area contributed by atoms with Crippen LogP contribution in [0.1, 0.15) is 32.6 Å². The Hall–Kier alpha value is -4.24. The molecule has 0 amide bonds. The molecule has 1 heterocycles. The standard InChI is InChI=1S/C41H40O6S/c1-30-22-24-35(25-23-30)48-41-39(47-40(42)34-20-12-5-13-21-34)38(45-28-33-18-10-4-11-19-33)37(44-27-32-16-8-3-9-17-32)36(46-41)29-43-26-31-14-6-2-7-15-31/h2-25,36-39,41H,26-29H2,1H3/t36-,37+,38+,39-,41+/m1/s1. The summed E-state index contributed by atoms with van der Waals surface area (Å²) in [4.78, 5) is 14.7. The summed E-state index contributed by atoms with van der Waals surface area (Å²) in [6.07, 6.45) is -2.62. The minimum Gasteiger partial charge on any atom is -0.452 e. The van der Waals surface area contributed by atoms with Gasteiger partial charge in [0.25, 0.3) is 0 Å². The number of ether oxygens (including phenoxy) is 5. The van der Waals surface area contributed by atoms with Crippen LogP contribution in [0.5, 0.6) is 0 Å². The van der Waals surface area contributed by atoms with Crippen LogP contribution >= 0.6 is 11.8 Å². The summed E-state index contributed by atoms with van der Waals surface area (Å²) in [5.41, 5.74) is 4.07. The molecular formula is C41H40O6S. The number of hydrogen-bond acceptors (Lipinski definition) is 7. The van der Waals surface area contributed by atoms with E-state index in [9.17, 15) is 4.79 Å². The predicted octanol–water partition coefficient (Wildman–Crippen LogP) is 8.43. The van der Waals surface area contributed by atoms with Crippen LogP contribution in [0, 0.1) is 6.92 Å². The summed E-state index contributed by atoms with van der Waals surface area (Å²) >= 11 is 1.50. The Labute approximate surface area is 287 Å². The van der Waals surface area contributed by atoms with Crippen molar-refractivity contribution in [2.24, 2.45) is 0 Å². The molecule has 246 valence electrons. The van der Waals surface area contributed by atoms with Crippen molar-refractivity contribution in [3.63, 3.8) is 0 Å². The second-order valence-electron chi connectivity index (χ2n) is 11.7. The Morgan fingerprint density at radius 1 is 0.604 bits per heavy atom. The minimum atomic E-state index is -0.807. The maximum absolute atomic E-state index is 13.7. The molecule has 1 aliphatic rings. The van der Waals surface area contributed by atoms with Crippen molar-refractivity contribution < 1.29 is 28.5 Å². The molecule has 1 fully saturated rings. The molecule has 0 bridgehead atoms. The average Bonchev–Trinajstić information content (AvgIpc) is 3.14. The molecule has 1 aliphatic heterocycles. The van der Waals surface area contributed by atoms with Gasteiger partial charge in [0, 0.05) is 4.90 Å². The lowest BCUT2D eigenvalue weighted by Crippen LogP contribution is -2.60. The smallest absolute Gasteiger partial charge is 0.338 e. The van der Waals surface area contributed by atoms with Crippen LogP contribution in [0.15, 0.2) is 150 Å². The number of benzene rings is 5. The normalized spacial score (nSPS) is 20.6. The van der Waals surface area contributed by atoms with E-state index in [1.807, 2.05) is 109 Å². The van der Waals surface area contributed by atoms with E-state index < -0.39 is 35.8 Å². The number of carbonyl (C=O) groups excluding carboxylic acids is 1. The molecule has 0 aromatic heterocycles. The van der Waals surface area contributed by atoms with Crippen LogP contribution in [0.2, 0.25) is 0 Å². The van der Waals surface area contributed by atoms with E-state index in [-0.39, 0.29) is 6.61 Å². The van der Waals surface area contributed by atoms with Gasteiger partial charge in [-0.3, -0.25) is 0 Å². The SMILES string of the molecule is Cc1ccc(S[C@@H]2O[C@H](COCc3ccccc3)[C@H](OCc3ccccc3)[C@H](OCc3ccccc3)[C@H]2OC(=O)c2ccccc2)cc1. The summed E-state index contributed by atoms with van der Waals surface area (Å²) < 4.78 is 32.9. The fourth-order valence-corrected chi connectivity index (χ4v) is 6.65. The van der Waals surface area contributed by atoms with E-state index in [0.29, 0.717) is 25.4 Å². The van der Waals surface area contributed by atoms with Crippen molar-refractivity contribution in [1.82, 2.24) is 0 Å². The molecule has 5 aromatic carbocycles. The van der Waals surface area contributed by atoms with E-state index in [4.69, 9.17) is 23.7 Å². The molecule has 0 N–H and O–H groups in total. The van der Waals surface area contributed by atoms with Gasteiger partial charge in [-0.2, -0.15) is 0 Å². The summed E-state index contributed by atoms with van der Waals surface area (Å²) in [5.74, 6) is -0.451. The zero-order valence-electron chi connectivity index (χ0n) is 26.9. The predicted molar refractivity (Wildman–Crippen MR) is 187 cm³/mol. The van der Waals surface area contributed by atoms with Crippen LogP contribution in [0.3, 0.4) is 0 Å². The Bertz CT molecular complexity index is 1670. The van der Waals surface area contributed by atoms with E-state index in [1.54, 1.807) is 12.1 Å². The van der Waals surface area contributed by atoms with Gasteiger partial charge in [-0.25, -0.2) is 4.79 Å². The second-order valence-corrected chi connectivity index (χ2v) is 12.9. The molecule has 0 saturated carbocycles. The molecule has 1 saturated heterocycles. The van der Waals surface area contributed by atoms with Crippen molar-refractivity contribution in [3.8, 4) is 0 Å². The lowest BCUT2D eigenvalue weighted by molar-refractivity contribution is -0.242. The van der Waals surface area contributed by atoms with Crippen LogP contribution in [0.25, 0.3) is 0 Å². The topological polar surface area (TPSA) is 63.2 Å². The third-order valence-electron chi connectivity index (χ3n) is 8.08. The number of hydrogen-bond donors (Lipinski definition) is 0. The highest BCUT2D eigenvalue weighted by Crippen LogP contribution is 2.38. The van der Waals surface area contributed by atoms with E-state index in [2.05, 4.69) is 31.2 Å². The lowest BCUT2D eigenvalue weighted by Gasteiger charge is -2.45. The zero-order chi connectivity index (χ0) is 33.0. The Balaban J connectivity index is 1.34. The largest absolute Gasteiger partial charge is 0.452 e. The summed E-state index contributed by atoms with van der Waals surface area (Å²) in [6.45, 7) is 3.35. The number of aryl methyl sites for hydroxylation is 1. The molecule has 48 heavy (non-hydrogen) atoms. The summed E-state index contributed by atoms with van der Waals surface area (Å²) in [7, 11) is 0. The zero-order valence-corrected chi connectivity index (χ0v) is 27.7. The highest BCUT2D eigenvalue weighted by atomic mass is 32.2. The van der Waals surface area contributed by atoms with E-state index >= 15 is 0 Å². The van der Waals surface area contributed by atoms with Gasteiger partial charge in [0.2, 0.25) is 0 Å². The number of esters is 1. The first-order valence-corrected chi connectivity index (χ1v) is 17.1. The Morgan fingerprint density at radius 3 is 1.67 bits per heavy atom. The molecule has 5 atom stereocenters. The number of thioether (sulfide) groups is 1. The molecule has 0 spiro atoms. The van der Waals surface area contributed by atoms with Crippen LogP contribution < -0.4 is 0 Å². The van der Waals surface area contributed by atoms with E-state index in [1.165, 1.54) is 11.8 Å². The molecule has 7 heteroatoms. The van der Waals surface area contributed by atoms with Gasteiger partial charge < -0.3 is 23.7 Å².